The Morgan fingerprint density at radius 3 is 2.67 bits per heavy atom. The largest absolute Gasteiger partial charge is 0.385 e. The van der Waals surface area contributed by atoms with Crippen LogP contribution in [0, 0.1) is 11.8 Å². The third kappa shape index (κ3) is 3.91. The van der Waals surface area contributed by atoms with Crippen molar-refractivity contribution in [1.29, 1.82) is 0 Å². The minimum atomic E-state index is -0.299. The van der Waals surface area contributed by atoms with E-state index in [0.717, 1.165) is 11.3 Å². The van der Waals surface area contributed by atoms with Gasteiger partial charge in [0.2, 0.25) is 11.8 Å². The van der Waals surface area contributed by atoms with Gasteiger partial charge in [-0.2, -0.15) is 0 Å². The molecule has 5 nitrogen and oxygen atoms in total. The van der Waals surface area contributed by atoms with Crippen molar-refractivity contribution in [2.24, 2.45) is 23.3 Å². The Hall–Kier alpha value is -1.78. The first-order valence-electron chi connectivity index (χ1n) is 6.12. The van der Waals surface area contributed by atoms with E-state index in [1.54, 1.807) is 0 Å². The van der Waals surface area contributed by atoms with Crippen molar-refractivity contribution >= 4 is 11.8 Å². The van der Waals surface area contributed by atoms with Crippen LogP contribution in [0.5, 0.6) is 0 Å². The summed E-state index contributed by atoms with van der Waals surface area (Å²) in [5.74, 6) is -0.924. The minimum Gasteiger partial charge on any atom is -0.385 e. The standard InChI is InChI=1S/C13H21N3O2/c1-8(12(14)17)5-6-16-11-4-3-10(13(15)18)7-9(11)2/h3-4,8,10,16H,5-7H2,1-2H3,(H2,14,17)(H2,15,18). The van der Waals surface area contributed by atoms with Crippen LogP contribution in [-0.4, -0.2) is 18.4 Å². The maximum absolute atomic E-state index is 11.1. The van der Waals surface area contributed by atoms with Gasteiger partial charge in [0.25, 0.3) is 0 Å². The van der Waals surface area contributed by atoms with E-state index in [1.807, 2.05) is 26.0 Å². The van der Waals surface area contributed by atoms with Crippen LogP contribution in [0.15, 0.2) is 23.4 Å². The first-order valence-corrected chi connectivity index (χ1v) is 6.12. The van der Waals surface area contributed by atoms with Gasteiger partial charge in [-0.25, -0.2) is 0 Å². The maximum Gasteiger partial charge on any atom is 0.224 e. The van der Waals surface area contributed by atoms with Gasteiger partial charge in [-0.1, -0.05) is 13.0 Å². The van der Waals surface area contributed by atoms with Crippen LogP contribution in [0.4, 0.5) is 0 Å². The lowest BCUT2D eigenvalue weighted by molar-refractivity contribution is -0.121. The molecule has 18 heavy (non-hydrogen) atoms. The quantitative estimate of drug-likeness (QED) is 0.638. The third-order valence-corrected chi connectivity index (χ3v) is 3.23. The number of nitrogens with one attached hydrogen (secondary N) is 1. The van der Waals surface area contributed by atoms with Gasteiger partial charge in [0.05, 0.1) is 5.92 Å². The normalized spacial score (nSPS) is 20.7. The molecule has 1 aliphatic carbocycles. The smallest absolute Gasteiger partial charge is 0.224 e. The molecule has 2 unspecified atom stereocenters. The lowest BCUT2D eigenvalue weighted by Crippen LogP contribution is -2.27. The molecule has 0 saturated carbocycles. The molecule has 1 aliphatic rings. The Balaban J connectivity index is 2.45. The summed E-state index contributed by atoms with van der Waals surface area (Å²) in [6.07, 6.45) is 5.04. The van der Waals surface area contributed by atoms with E-state index in [-0.39, 0.29) is 23.7 Å². The minimum absolute atomic E-state index is 0.135. The summed E-state index contributed by atoms with van der Waals surface area (Å²) in [5.41, 5.74) is 12.6. The summed E-state index contributed by atoms with van der Waals surface area (Å²) in [6.45, 7) is 4.47. The van der Waals surface area contributed by atoms with Gasteiger partial charge in [-0.3, -0.25) is 9.59 Å². The van der Waals surface area contributed by atoms with E-state index in [4.69, 9.17) is 11.5 Å². The van der Waals surface area contributed by atoms with Crippen LogP contribution >= 0.6 is 0 Å². The van der Waals surface area contributed by atoms with Crippen molar-refractivity contribution in [3.8, 4) is 0 Å². The molecule has 0 aromatic rings. The zero-order valence-electron chi connectivity index (χ0n) is 10.9. The summed E-state index contributed by atoms with van der Waals surface area (Å²) < 4.78 is 0. The second kappa shape index (κ2) is 6.23. The molecule has 0 bridgehead atoms. The number of amides is 2. The molecule has 0 fully saturated rings. The number of primary amides is 2. The van der Waals surface area contributed by atoms with Crippen molar-refractivity contribution in [2.75, 3.05) is 6.54 Å². The molecule has 5 heteroatoms. The zero-order valence-corrected chi connectivity index (χ0v) is 10.9. The van der Waals surface area contributed by atoms with Gasteiger partial charge in [0, 0.05) is 18.2 Å². The molecule has 1 rings (SSSR count). The summed E-state index contributed by atoms with van der Waals surface area (Å²) in [7, 11) is 0. The highest BCUT2D eigenvalue weighted by Crippen LogP contribution is 2.21. The fourth-order valence-corrected chi connectivity index (χ4v) is 1.83. The van der Waals surface area contributed by atoms with E-state index in [1.165, 1.54) is 0 Å². The fraction of sp³-hybridized carbons (Fsp3) is 0.538. The van der Waals surface area contributed by atoms with Crippen molar-refractivity contribution in [2.45, 2.75) is 26.7 Å². The van der Waals surface area contributed by atoms with Gasteiger partial charge in [-0.05, 0) is 31.4 Å². The molecular weight excluding hydrogens is 230 g/mol. The Morgan fingerprint density at radius 1 is 1.50 bits per heavy atom. The zero-order chi connectivity index (χ0) is 13.7. The number of hydrogen-bond donors (Lipinski definition) is 3. The molecule has 100 valence electrons. The predicted octanol–water partition coefficient (Wildman–Crippen LogP) is 0.423. The lowest BCUT2D eigenvalue weighted by atomic mass is 9.93. The van der Waals surface area contributed by atoms with Gasteiger partial charge >= 0.3 is 0 Å². The van der Waals surface area contributed by atoms with E-state index < -0.39 is 0 Å². The molecule has 2 atom stereocenters. The maximum atomic E-state index is 11.1. The van der Waals surface area contributed by atoms with Crippen molar-refractivity contribution in [3.63, 3.8) is 0 Å². The summed E-state index contributed by atoms with van der Waals surface area (Å²) >= 11 is 0. The number of rotatable bonds is 6. The number of nitrogens with two attached hydrogens (primary N) is 2. The van der Waals surface area contributed by atoms with Gasteiger partial charge in [-0.15, -0.1) is 0 Å². The van der Waals surface area contributed by atoms with Crippen LogP contribution in [0.25, 0.3) is 0 Å². The second-order valence-corrected chi connectivity index (χ2v) is 4.78. The molecule has 0 aliphatic heterocycles. The lowest BCUT2D eigenvalue weighted by Gasteiger charge is -2.19. The molecule has 0 heterocycles. The monoisotopic (exact) mass is 251 g/mol. The molecular formula is C13H21N3O2. The van der Waals surface area contributed by atoms with E-state index in [0.29, 0.717) is 19.4 Å². The molecule has 0 aromatic carbocycles. The number of carbonyl (C=O) groups excluding carboxylic acids is 2. The van der Waals surface area contributed by atoms with Gasteiger partial charge in [0.15, 0.2) is 0 Å². The summed E-state index contributed by atoms with van der Waals surface area (Å²) in [6, 6.07) is 0. The molecule has 5 N–H and O–H groups in total. The molecule has 0 radical (unpaired) electrons. The van der Waals surface area contributed by atoms with Gasteiger partial charge in [0.1, 0.15) is 0 Å². The van der Waals surface area contributed by atoms with E-state index >= 15 is 0 Å². The van der Waals surface area contributed by atoms with Crippen LogP contribution in [0.3, 0.4) is 0 Å². The highest BCUT2D eigenvalue weighted by Gasteiger charge is 2.18. The summed E-state index contributed by atoms with van der Waals surface area (Å²) in [5, 5.41) is 3.25. The molecule has 0 spiro atoms. The average Bonchev–Trinajstić information content (AvgIpc) is 2.30. The molecule has 0 saturated heterocycles. The Kier molecular flexibility index (Phi) is 4.95. The Labute approximate surface area is 107 Å². The topological polar surface area (TPSA) is 98.2 Å². The predicted molar refractivity (Wildman–Crippen MR) is 70.1 cm³/mol. The Bertz CT molecular complexity index is 399. The Morgan fingerprint density at radius 2 is 2.17 bits per heavy atom. The fourth-order valence-electron chi connectivity index (χ4n) is 1.83. The van der Waals surface area contributed by atoms with E-state index in [9.17, 15) is 9.59 Å². The third-order valence-electron chi connectivity index (χ3n) is 3.23. The second-order valence-electron chi connectivity index (χ2n) is 4.78. The number of carbonyl (C=O) groups is 2. The van der Waals surface area contributed by atoms with Crippen LogP contribution in [0.2, 0.25) is 0 Å². The average molecular weight is 251 g/mol. The number of hydrogen-bond acceptors (Lipinski definition) is 3. The highest BCUT2D eigenvalue weighted by molar-refractivity contribution is 5.79. The molecule has 2 amide bonds. The SMILES string of the molecule is CC1=C(NCCC(C)C(N)=O)C=CC(C(N)=O)C1. The first-order chi connectivity index (χ1) is 8.41. The van der Waals surface area contributed by atoms with Crippen LogP contribution in [0.1, 0.15) is 26.7 Å². The number of allylic oxidation sites excluding steroid dienone is 2. The van der Waals surface area contributed by atoms with Crippen molar-refractivity contribution in [3.05, 3.63) is 23.4 Å². The molecule has 0 aromatic heterocycles. The summed E-state index contributed by atoms with van der Waals surface area (Å²) in [4.78, 5) is 21.9. The van der Waals surface area contributed by atoms with Crippen LogP contribution in [-0.2, 0) is 9.59 Å². The van der Waals surface area contributed by atoms with Crippen molar-refractivity contribution < 1.29 is 9.59 Å². The highest BCUT2D eigenvalue weighted by atomic mass is 16.1. The van der Waals surface area contributed by atoms with Crippen LogP contribution < -0.4 is 16.8 Å². The first kappa shape index (κ1) is 14.3. The van der Waals surface area contributed by atoms with E-state index in [2.05, 4.69) is 5.32 Å². The van der Waals surface area contributed by atoms with Crippen molar-refractivity contribution in [1.82, 2.24) is 5.32 Å². The van der Waals surface area contributed by atoms with Gasteiger partial charge < -0.3 is 16.8 Å².